The van der Waals surface area contributed by atoms with Gasteiger partial charge in [-0.15, -0.1) is 0 Å². The average Bonchev–Trinajstić information content (AvgIpc) is 3.15. The molecule has 0 saturated heterocycles. The van der Waals surface area contributed by atoms with Crippen LogP contribution in [0.5, 0.6) is 11.5 Å². The van der Waals surface area contributed by atoms with Crippen LogP contribution >= 0.6 is 0 Å². The van der Waals surface area contributed by atoms with E-state index in [2.05, 4.69) is 46.4 Å². The molecule has 2 aromatic carbocycles. The van der Waals surface area contributed by atoms with Crippen LogP contribution in [-0.4, -0.2) is 34.0 Å². The molecule has 0 saturated carbocycles. The van der Waals surface area contributed by atoms with E-state index in [0.29, 0.717) is 11.6 Å². The third kappa shape index (κ3) is 3.11. The minimum absolute atomic E-state index is 0.645. The van der Waals surface area contributed by atoms with E-state index in [9.17, 15) is 0 Å². The fraction of sp³-hybridized carbons (Fsp3) is 0.190. The number of nitrogens with one attached hydrogen (secondary N) is 1. The predicted molar refractivity (Wildman–Crippen MR) is 109 cm³/mol. The molecular formula is C21H21N5O2. The zero-order chi connectivity index (χ0) is 19.7. The highest BCUT2D eigenvalue weighted by atomic mass is 16.5. The van der Waals surface area contributed by atoms with Crippen molar-refractivity contribution in [1.82, 2.24) is 19.7 Å². The van der Waals surface area contributed by atoms with E-state index in [0.717, 1.165) is 28.2 Å². The van der Waals surface area contributed by atoms with Gasteiger partial charge in [-0.05, 0) is 49.2 Å². The van der Waals surface area contributed by atoms with Crippen LogP contribution < -0.4 is 14.8 Å². The van der Waals surface area contributed by atoms with Gasteiger partial charge in [0.1, 0.15) is 23.6 Å². The second kappa shape index (κ2) is 7.19. The summed E-state index contributed by atoms with van der Waals surface area (Å²) in [5.41, 5.74) is 4.88. The lowest BCUT2D eigenvalue weighted by atomic mass is 10.1. The normalized spacial score (nSPS) is 10.9. The molecule has 0 bridgehead atoms. The maximum atomic E-state index is 5.45. The van der Waals surface area contributed by atoms with Crippen molar-refractivity contribution in [3.8, 4) is 17.2 Å². The third-order valence-corrected chi connectivity index (χ3v) is 4.76. The second-order valence-electron chi connectivity index (χ2n) is 6.48. The first-order chi connectivity index (χ1) is 13.6. The van der Waals surface area contributed by atoms with Crippen molar-refractivity contribution in [3.05, 3.63) is 60.0 Å². The fourth-order valence-electron chi connectivity index (χ4n) is 3.03. The molecule has 0 fully saturated rings. The Bertz CT molecular complexity index is 1150. The summed E-state index contributed by atoms with van der Waals surface area (Å²) in [5, 5.41) is 8.66. The number of anilines is 2. The molecule has 0 spiro atoms. The quantitative estimate of drug-likeness (QED) is 0.564. The van der Waals surface area contributed by atoms with Gasteiger partial charge in [0.2, 0.25) is 0 Å². The fourth-order valence-corrected chi connectivity index (χ4v) is 3.03. The first-order valence-electron chi connectivity index (χ1n) is 8.86. The molecule has 2 heterocycles. The third-order valence-electron chi connectivity index (χ3n) is 4.76. The highest BCUT2D eigenvalue weighted by Crippen LogP contribution is 2.33. The predicted octanol–water partition coefficient (Wildman–Crippen LogP) is 4.19. The van der Waals surface area contributed by atoms with E-state index >= 15 is 0 Å². The van der Waals surface area contributed by atoms with Crippen LogP contribution in [0.1, 0.15) is 11.1 Å². The molecule has 0 aliphatic heterocycles. The SMILES string of the molecule is COc1ccc(OC)c(Nc2ncnc3c2cnn3-c2ccc(C)c(C)c2)c1. The lowest BCUT2D eigenvalue weighted by Gasteiger charge is -2.12. The summed E-state index contributed by atoms with van der Waals surface area (Å²) in [4.78, 5) is 8.84. The molecule has 0 aliphatic rings. The lowest BCUT2D eigenvalue weighted by molar-refractivity contribution is 0.405. The van der Waals surface area contributed by atoms with Crippen LogP contribution in [0.4, 0.5) is 11.5 Å². The number of nitrogens with zero attached hydrogens (tertiary/aromatic N) is 4. The smallest absolute Gasteiger partial charge is 0.168 e. The Kier molecular flexibility index (Phi) is 4.57. The van der Waals surface area contributed by atoms with Crippen molar-refractivity contribution >= 4 is 22.5 Å². The Morgan fingerprint density at radius 1 is 0.929 bits per heavy atom. The molecular weight excluding hydrogens is 354 g/mol. The van der Waals surface area contributed by atoms with Crippen molar-refractivity contribution in [2.45, 2.75) is 13.8 Å². The molecule has 0 radical (unpaired) electrons. The Morgan fingerprint density at radius 3 is 2.54 bits per heavy atom. The summed E-state index contributed by atoms with van der Waals surface area (Å²) in [5.74, 6) is 2.06. The topological polar surface area (TPSA) is 74.1 Å². The van der Waals surface area contributed by atoms with E-state index < -0.39 is 0 Å². The van der Waals surface area contributed by atoms with Crippen LogP contribution in [0.25, 0.3) is 16.7 Å². The summed E-state index contributed by atoms with van der Waals surface area (Å²) < 4.78 is 12.6. The molecule has 4 rings (SSSR count). The number of aryl methyl sites for hydroxylation is 2. The average molecular weight is 375 g/mol. The summed E-state index contributed by atoms with van der Waals surface area (Å²) in [6, 6.07) is 11.8. The van der Waals surface area contributed by atoms with Gasteiger partial charge in [0.05, 0.1) is 37.2 Å². The van der Waals surface area contributed by atoms with Crippen LogP contribution in [0.3, 0.4) is 0 Å². The monoisotopic (exact) mass is 375 g/mol. The first-order valence-corrected chi connectivity index (χ1v) is 8.86. The van der Waals surface area contributed by atoms with Crippen LogP contribution in [0.2, 0.25) is 0 Å². The van der Waals surface area contributed by atoms with Crippen LogP contribution in [-0.2, 0) is 0 Å². The molecule has 0 unspecified atom stereocenters. The number of aromatic nitrogens is 4. The van der Waals surface area contributed by atoms with Gasteiger partial charge in [0.15, 0.2) is 5.65 Å². The maximum Gasteiger partial charge on any atom is 0.168 e. The summed E-state index contributed by atoms with van der Waals surface area (Å²) in [6.07, 6.45) is 3.29. The highest BCUT2D eigenvalue weighted by Gasteiger charge is 2.14. The van der Waals surface area contributed by atoms with E-state index in [1.54, 1.807) is 20.4 Å². The van der Waals surface area contributed by atoms with Crippen molar-refractivity contribution in [2.24, 2.45) is 0 Å². The molecule has 28 heavy (non-hydrogen) atoms. The number of benzene rings is 2. The number of hydrogen-bond donors (Lipinski definition) is 1. The first kappa shape index (κ1) is 17.8. The van der Waals surface area contributed by atoms with Gasteiger partial charge >= 0.3 is 0 Å². The van der Waals surface area contributed by atoms with Crippen molar-refractivity contribution in [3.63, 3.8) is 0 Å². The van der Waals surface area contributed by atoms with Crippen LogP contribution in [0.15, 0.2) is 48.9 Å². The standard InChI is InChI=1S/C21H21N5O2/c1-13-5-6-15(9-14(13)2)26-21-17(11-24-26)20(22-12-23-21)25-18-10-16(27-3)7-8-19(18)28-4/h5-12H,1-4H3,(H,22,23,25). The van der Waals surface area contributed by atoms with Gasteiger partial charge in [-0.25, -0.2) is 14.6 Å². The number of hydrogen-bond acceptors (Lipinski definition) is 6. The molecule has 1 N–H and O–H groups in total. The molecule has 142 valence electrons. The van der Waals surface area contributed by atoms with Crippen molar-refractivity contribution < 1.29 is 9.47 Å². The molecule has 7 heteroatoms. The number of rotatable bonds is 5. The molecule has 0 atom stereocenters. The van der Waals surface area contributed by atoms with Gasteiger partial charge < -0.3 is 14.8 Å². The van der Waals surface area contributed by atoms with Crippen molar-refractivity contribution in [2.75, 3.05) is 19.5 Å². The minimum Gasteiger partial charge on any atom is -0.497 e. The summed E-state index contributed by atoms with van der Waals surface area (Å²) in [7, 11) is 3.25. The maximum absolute atomic E-state index is 5.45. The van der Waals surface area contributed by atoms with Crippen LogP contribution in [0, 0.1) is 13.8 Å². The molecule has 2 aromatic heterocycles. The van der Waals surface area contributed by atoms with E-state index in [4.69, 9.17) is 9.47 Å². The lowest BCUT2D eigenvalue weighted by Crippen LogP contribution is -2.01. The molecule has 4 aromatic rings. The number of ether oxygens (including phenoxy) is 2. The number of methoxy groups -OCH3 is 2. The summed E-state index contributed by atoms with van der Waals surface area (Å²) in [6.45, 7) is 4.17. The van der Waals surface area contributed by atoms with E-state index in [-0.39, 0.29) is 0 Å². The Hall–Kier alpha value is -3.61. The van der Waals surface area contributed by atoms with Gasteiger partial charge in [-0.2, -0.15) is 5.10 Å². The van der Waals surface area contributed by atoms with E-state index in [1.807, 2.05) is 28.9 Å². The van der Waals surface area contributed by atoms with Gasteiger partial charge in [-0.1, -0.05) is 6.07 Å². The van der Waals surface area contributed by atoms with Gasteiger partial charge in [-0.3, -0.25) is 0 Å². The Labute approximate surface area is 163 Å². The largest absolute Gasteiger partial charge is 0.497 e. The highest BCUT2D eigenvalue weighted by molar-refractivity contribution is 5.89. The Morgan fingerprint density at radius 2 is 1.79 bits per heavy atom. The zero-order valence-corrected chi connectivity index (χ0v) is 16.2. The molecule has 0 amide bonds. The van der Waals surface area contributed by atoms with Gasteiger partial charge in [0, 0.05) is 6.07 Å². The van der Waals surface area contributed by atoms with Crippen molar-refractivity contribution in [1.29, 1.82) is 0 Å². The van der Waals surface area contributed by atoms with E-state index in [1.165, 1.54) is 17.5 Å². The zero-order valence-electron chi connectivity index (χ0n) is 16.2. The minimum atomic E-state index is 0.645. The number of fused-ring (bicyclic) bond motifs is 1. The van der Waals surface area contributed by atoms with Gasteiger partial charge in [0.25, 0.3) is 0 Å². The second-order valence-corrected chi connectivity index (χ2v) is 6.48. The molecule has 7 nitrogen and oxygen atoms in total. The molecule has 0 aliphatic carbocycles. The Balaban J connectivity index is 1.78. The summed E-state index contributed by atoms with van der Waals surface area (Å²) >= 11 is 0.